The van der Waals surface area contributed by atoms with E-state index in [9.17, 15) is 0 Å². The Morgan fingerprint density at radius 1 is 1.58 bits per heavy atom. The van der Waals surface area contributed by atoms with Crippen LogP contribution in [0.4, 0.5) is 0 Å². The van der Waals surface area contributed by atoms with Crippen LogP contribution in [0, 0.1) is 0 Å². The van der Waals surface area contributed by atoms with Gasteiger partial charge in [-0.05, 0) is 12.8 Å². The van der Waals surface area contributed by atoms with Crippen LogP contribution in [0.25, 0.3) is 0 Å². The molecule has 0 saturated heterocycles. The van der Waals surface area contributed by atoms with Gasteiger partial charge in [-0.2, -0.15) is 0 Å². The molecule has 12 heavy (non-hydrogen) atoms. The van der Waals surface area contributed by atoms with Crippen molar-refractivity contribution >= 4 is 11.6 Å². The SMILES string of the molecule is CCc1nc(C2CC2)c(CCl)o1. The highest BCUT2D eigenvalue weighted by molar-refractivity contribution is 6.16. The summed E-state index contributed by atoms with van der Waals surface area (Å²) in [5.41, 5.74) is 1.11. The van der Waals surface area contributed by atoms with E-state index in [-0.39, 0.29) is 0 Å². The summed E-state index contributed by atoms with van der Waals surface area (Å²) in [6.07, 6.45) is 3.36. The minimum Gasteiger partial charge on any atom is -0.444 e. The molecule has 1 heterocycles. The lowest BCUT2D eigenvalue weighted by Gasteiger charge is -1.90. The van der Waals surface area contributed by atoms with Gasteiger partial charge in [0.15, 0.2) is 5.89 Å². The van der Waals surface area contributed by atoms with Crippen molar-refractivity contribution in [1.82, 2.24) is 4.98 Å². The quantitative estimate of drug-likeness (QED) is 0.677. The Morgan fingerprint density at radius 3 is 2.83 bits per heavy atom. The van der Waals surface area contributed by atoms with Crippen molar-refractivity contribution in [3.05, 3.63) is 17.3 Å². The molecule has 0 spiro atoms. The molecule has 0 atom stereocenters. The molecule has 1 aromatic heterocycles. The lowest BCUT2D eigenvalue weighted by molar-refractivity contribution is 0.472. The number of rotatable bonds is 3. The molecule has 1 fully saturated rings. The monoisotopic (exact) mass is 185 g/mol. The van der Waals surface area contributed by atoms with Gasteiger partial charge in [0.1, 0.15) is 5.76 Å². The number of halogens is 1. The highest BCUT2D eigenvalue weighted by Gasteiger charge is 2.30. The Morgan fingerprint density at radius 2 is 2.33 bits per heavy atom. The van der Waals surface area contributed by atoms with E-state index in [0.29, 0.717) is 11.8 Å². The predicted molar refractivity (Wildman–Crippen MR) is 47.4 cm³/mol. The van der Waals surface area contributed by atoms with Crippen LogP contribution < -0.4 is 0 Å². The Hall–Kier alpha value is -0.500. The Bertz CT molecular complexity index is 278. The van der Waals surface area contributed by atoms with E-state index in [1.54, 1.807) is 0 Å². The number of hydrogen-bond donors (Lipinski definition) is 0. The van der Waals surface area contributed by atoms with E-state index in [4.69, 9.17) is 16.0 Å². The fraction of sp³-hybridized carbons (Fsp3) is 0.667. The predicted octanol–water partition coefficient (Wildman–Crippen LogP) is 2.85. The molecule has 1 aromatic rings. The maximum atomic E-state index is 5.74. The second kappa shape index (κ2) is 3.09. The second-order valence-electron chi connectivity index (χ2n) is 3.18. The maximum Gasteiger partial charge on any atom is 0.194 e. The largest absolute Gasteiger partial charge is 0.444 e. The Labute approximate surface area is 76.9 Å². The summed E-state index contributed by atoms with van der Waals surface area (Å²) in [4.78, 5) is 4.41. The van der Waals surface area contributed by atoms with E-state index in [2.05, 4.69) is 4.98 Å². The summed E-state index contributed by atoms with van der Waals surface area (Å²) in [7, 11) is 0. The standard InChI is InChI=1S/C9H12ClNO/c1-2-8-11-9(6-3-4-6)7(5-10)12-8/h6H,2-5H2,1H3. The summed E-state index contributed by atoms with van der Waals surface area (Å²) in [6, 6.07) is 0. The molecule has 0 unspecified atom stereocenters. The van der Waals surface area contributed by atoms with Crippen molar-refractivity contribution < 1.29 is 4.42 Å². The first-order valence-corrected chi connectivity index (χ1v) is 4.93. The highest BCUT2D eigenvalue weighted by Crippen LogP contribution is 2.41. The van der Waals surface area contributed by atoms with Crippen LogP contribution in [-0.4, -0.2) is 4.98 Å². The summed E-state index contributed by atoms with van der Waals surface area (Å²) < 4.78 is 5.47. The molecule has 2 rings (SSSR count). The molecule has 0 N–H and O–H groups in total. The van der Waals surface area contributed by atoms with Crippen LogP contribution >= 0.6 is 11.6 Å². The Balaban J connectivity index is 2.29. The zero-order valence-corrected chi connectivity index (χ0v) is 7.90. The molecule has 1 aliphatic carbocycles. The van der Waals surface area contributed by atoms with Gasteiger partial charge in [-0.3, -0.25) is 0 Å². The van der Waals surface area contributed by atoms with Crippen molar-refractivity contribution in [3.63, 3.8) is 0 Å². The van der Waals surface area contributed by atoms with Gasteiger partial charge in [0.25, 0.3) is 0 Å². The van der Waals surface area contributed by atoms with Crippen LogP contribution in [-0.2, 0) is 12.3 Å². The topological polar surface area (TPSA) is 26.0 Å². The molecule has 0 amide bonds. The average Bonchev–Trinajstić information content (AvgIpc) is 2.85. The first-order chi connectivity index (χ1) is 5.85. The van der Waals surface area contributed by atoms with E-state index in [0.717, 1.165) is 23.8 Å². The zero-order valence-electron chi connectivity index (χ0n) is 7.14. The number of nitrogens with zero attached hydrogens (tertiary/aromatic N) is 1. The third kappa shape index (κ3) is 1.36. The number of aromatic nitrogens is 1. The van der Waals surface area contributed by atoms with Gasteiger partial charge >= 0.3 is 0 Å². The van der Waals surface area contributed by atoms with Gasteiger partial charge in [-0.25, -0.2) is 4.98 Å². The van der Waals surface area contributed by atoms with Crippen LogP contribution in [0.1, 0.15) is 43.0 Å². The molecule has 2 nitrogen and oxygen atoms in total. The summed E-state index contributed by atoms with van der Waals surface area (Å²) in [5.74, 6) is 2.81. The Kier molecular flexibility index (Phi) is 2.09. The molecule has 66 valence electrons. The molecular formula is C9H12ClNO. The first-order valence-electron chi connectivity index (χ1n) is 4.39. The molecule has 0 aliphatic heterocycles. The lowest BCUT2D eigenvalue weighted by Crippen LogP contribution is -1.85. The summed E-state index contributed by atoms with van der Waals surface area (Å²) in [6.45, 7) is 2.04. The van der Waals surface area contributed by atoms with E-state index in [1.165, 1.54) is 12.8 Å². The number of hydrogen-bond acceptors (Lipinski definition) is 2. The zero-order chi connectivity index (χ0) is 8.55. The molecular weight excluding hydrogens is 174 g/mol. The van der Waals surface area contributed by atoms with Crippen molar-refractivity contribution in [2.75, 3.05) is 0 Å². The van der Waals surface area contributed by atoms with Gasteiger partial charge in [0.2, 0.25) is 0 Å². The number of aryl methyl sites for hydroxylation is 1. The van der Waals surface area contributed by atoms with E-state index >= 15 is 0 Å². The van der Waals surface area contributed by atoms with Crippen molar-refractivity contribution in [1.29, 1.82) is 0 Å². The van der Waals surface area contributed by atoms with Gasteiger partial charge < -0.3 is 4.42 Å². The highest BCUT2D eigenvalue weighted by atomic mass is 35.5. The smallest absolute Gasteiger partial charge is 0.194 e. The molecule has 0 aromatic carbocycles. The second-order valence-corrected chi connectivity index (χ2v) is 3.44. The summed E-state index contributed by atoms with van der Waals surface area (Å²) >= 11 is 5.74. The fourth-order valence-corrected chi connectivity index (χ4v) is 1.53. The van der Waals surface area contributed by atoms with Gasteiger partial charge in [-0.15, -0.1) is 11.6 Å². The van der Waals surface area contributed by atoms with Gasteiger partial charge in [0, 0.05) is 12.3 Å². The first kappa shape index (κ1) is 8.11. The summed E-state index contributed by atoms with van der Waals surface area (Å²) in [5, 5.41) is 0. The van der Waals surface area contributed by atoms with Crippen LogP contribution in [0.3, 0.4) is 0 Å². The molecule has 0 radical (unpaired) electrons. The minimum atomic E-state index is 0.457. The third-order valence-electron chi connectivity index (χ3n) is 2.16. The van der Waals surface area contributed by atoms with Crippen LogP contribution in [0.15, 0.2) is 4.42 Å². The maximum absolute atomic E-state index is 5.74. The number of oxazole rings is 1. The minimum absolute atomic E-state index is 0.457. The average molecular weight is 186 g/mol. The van der Waals surface area contributed by atoms with Crippen molar-refractivity contribution in [2.45, 2.75) is 38.0 Å². The van der Waals surface area contributed by atoms with E-state index < -0.39 is 0 Å². The van der Waals surface area contributed by atoms with Crippen molar-refractivity contribution in [2.24, 2.45) is 0 Å². The molecule has 1 saturated carbocycles. The fourth-order valence-electron chi connectivity index (χ4n) is 1.34. The van der Waals surface area contributed by atoms with Gasteiger partial charge in [0.05, 0.1) is 11.6 Å². The van der Waals surface area contributed by atoms with Crippen LogP contribution in [0.2, 0.25) is 0 Å². The molecule has 0 bridgehead atoms. The lowest BCUT2D eigenvalue weighted by atomic mass is 10.2. The molecule has 3 heteroatoms. The molecule has 1 aliphatic rings. The van der Waals surface area contributed by atoms with Gasteiger partial charge in [-0.1, -0.05) is 6.92 Å². The van der Waals surface area contributed by atoms with E-state index in [1.807, 2.05) is 6.92 Å². The third-order valence-corrected chi connectivity index (χ3v) is 2.40. The number of alkyl halides is 1. The normalized spacial score (nSPS) is 16.8. The van der Waals surface area contributed by atoms with Crippen LogP contribution in [0.5, 0.6) is 0 Å². The van der Waals surface area contributed by atoms with Crippen molar-refractivity contribution in [3.8, 4) is 0 Å².